The van der Waals surface area contributed by atoms with E-state index in [0.29, 0.717) is 0 Å². The largest absolute Gasteiger partial charge is 0.256 e. The van der Waals surface area contributed by atoms with Crippen LogP contribution in [0.1, 0.15) is 123 Å². The Morgan fingerprint density at radius 1 is 0.654 bits per heavy atom. The molecule has 0 radical (unpaired) electrons. The van der Waals surface area contributed by atoms with Crippen LogP contribution in [-0.4, -0.2) is 4.57 Å². The van der Waals surface area contributed by atoms with Gasteiger partial charge >= 0.3 is 0 Å². The van der Waals surface area contributed by atoms with E-state index >= 15 is 0 Å². The number of nitrogens with zero attached hydrogens (tertiary/aromatic N) is 2. The maximum absolute atomic E-state index is 2.56. The Kier molecular flexibility index (Phi) is 14.7. The molecule has 2 heteroatoms. The van der Waals surface area contributed by atoms with Gasteiger partial charge in [0.2, 0.25) is 0 Å². The summed E-state index contributed by atoms with van der Waals surface area (Å²) in [5.74, 6) is 1.58. The van der Waals surface area contributed by atoms with Crippen molar-refractivity contribution >= 4 is 0 Å². The number of hydrogen-bond acceptors (Lipinski definition) is 0. The fraction of sp³-hybridized carbons (Fsp3) is 0.875. The lowest BCUT2D eigenvalue weighted by Crippen LogP contribution is -2.37. The summed E-state index contributed by atoms with van der Waals surface area (Å²) in [7, 11) is 0. The van der Waals surface area contributed by atoms with Crippen molar-refractivity contribution in [3.05, 3.63) is 18.2 Å². The van der Waals surface area contributed by atoms with Crippen molar-refractivity contribution in [3.8, 4) is 0 Å². The topological polar surface area (TPSA) is 8.81 Å². The third-order valence-electron chi connectivity index (χ3n) is 5.60. The molecule has 0 aliphatic rings. The lowest BCUT2D eigenvalue weighted by Gasteiger charge is -2.06. The second-order valence-corrected chi connectivity index (χ2v) is 8.09. The zero-order chi connectivity index (χ0) is 18.9. The summed E-state index contributed by atoms with van der Waals surface area (Å²) in [6, 6.07) is 0. The van der Waals surface area contributed by atoms with Gasteiger partial charge in [-0.15, -0.1) is 0 Å². The minimum atomic E-state index is 1.21. The Morgan fingerprint density at radius 3 is 1.85 bits per heavy atom. The fourth-order valence-corrected chi connectivity index (χ4v) is 3.85. The summed E-state index contributed by atoms with van der Waals surface area (Å²) in [6.07, 6.45) is 26.7. The van der Waals surface area contributed by atoms with Crippen LogP contribution in [0.25, 0.3) is 0 Å². The molecule has 0 saturated heterocycles. The molecule has 2 nitrogen and oxygen atoms in total. The zero-order valence-corrected chi connectivity index (χ0v) is 18.3. The van der Waals surface area contributed by atoms with Gasteiger partial charge in [0.25, 0.3) is 5.82 Å². The van der Waals surface area contributed by atoms with E-state index in [9.17, 15) is 0 Å². The predicted octanol–water partition coefficient (Wildman–Crippen LogP) is 7.23. The van der Waals surface area contributed by atoms with Gasteiger partial charge in [-0.05, 0) is 32.1 Å². The van der Waals surface area contributed by atoms with Crippen LogP contribution in [0, 0.1) is 0 Å². The summed E-state index contributed by atoms with van der Waals surface area (Å²) in [5, 5.41) is 0. The average Bonchev–Trinajstić information content (AvgIpc) is 3.03. The van der Waals surface area contributed by atoms with Gasteiger partial charge < -0.3 is 0 Å². The molecular formula is C24H47N2+. The number of aryl methyl sites for hydroxylation is 2. The first-order valence-electron chi connectivity index (χ1n) is 11.9. The highest BCUT2D eigenvalue weighted by atomic mass is 15.1. The van der Waals surface area contributed by atoms with Crippen LogP contribution in [0.3, 0.4) is 0 Å². The number of rotatable bonds is 18. The zero-order valence-electron chi connectivity index (χ0n) is 18.3. The third-order valence-corrected chi connectivity index (χ3v) is 5.60. The predicted molar refractivity (Wildman–Crippen MR) is 115 cm³/mol. The van der Waals surface area contributed by atoms with Crippen molar-refractivity contribution in [1.82, 2.24) is 4.57 Å². The minimum absolute atomic E-state index is 1.21. The van der Waals surface area contributed by atoms with Crippen LogP contribution in [0.2, 0.25) is 0 Å². The number of aromatic nitrogens is 2. The van der Waals surface area contributed by atoms with Crippen molar-refractivity contribution in [2.75, 3.05) is 0 Å². The standard InChI is InChI=1S/C24H47N2/c1-4-7-10-11-12-13-14-15-18-21-26-23-22-25(20-17-9-6-3)24(26)19-16-8-5-2/h22-23H,4-21H2,1-3H3/q+1. The molecule has 1 rings (SSSR count). The number of imidazole rings is 1. The van der Waals surface area contributed by atoms with E-state index in [4.69, 9.17) is 0 Å². The number of unbranched alkanes of at least 4 members (excludes halogenated alkanes) is 12. The van der Waals surface area contributed by atoms with Gasteiger partial charge in [-0.2, -0.15) is 0 Å². The summed E-state index contributed by atoms with van der Waals surface area (Å²) in [4.78, 5) is 0. The maximum Gasteiger partial charge on any atom is 0.256 e. The lowest BCUT2D eigenvalue weighted by atomic mass is 10.1. The highest BCUT2D eigenvalue weighted by Gasteiger charge is 2.16. The number of hydrogen-bond donors (Lipinski definition) is 0. The highest BCUT2D eigenvalue weighted by Crippen LogP contribution is 2.11. The van der Waals surface area contributed by atoms with E-state index in [1.54, 1.807) is 5.82 Å². The van der Waals surface area contributed by atoms with Crippen LogP contribution in [0.5, 0.6) is 0 Å². The molecule has 0 aliphatic carbocycles. The maximum atomic E-state index is 2.56. The molecule has 1 heterocycles. The Bertz CT molecular complexity index is 422. The van der Waals surface area contributed by atoms with Gasteiger partial charge in [0.1, 0.15) is 12.4 Å². The first-order chi connectivity index (χ1) is 12.8. The van der Waals surface area contributed by atoms with E-state index in [2.05, 4.69) is 42.3 Å². The molecule has 0 unspecified atom stereocenters. The Labute approximate surface area is 164 Å². The third kappa shape index (κ3) is 10.4. The van der Waals surface area contributed by atoms with Crippen molar-refractivity contribution in [2.45, 2.75) is 137 Å². The molecular weight excluding hydrogens is 316 g/mol. The summed E-state index contributed by atoms with van der Waals surface area (Å²) in [6.45, 7) is 9.32. The molecule has 1 aromatic rings. The van der Waals surface area contributed by atoms with Gasteiger partial charge in [0.15, 0.2) is 0 Å². The molecule has 0 atom stereocenters. The lowest BCUT2D eigenvalue weighted by molar-refractivity contribution is -0.704. The van der Waals surface area contributed by atoms with E-state index < -0.39 is 0 Å². The van der Waals surface area contributed by atoms with Crippen LogP contribution in [-0.2, 0) is 19.5 Å². The molecule has 1 aromatic heterocycles. The summed E-state index contributed by atoms with van der Waals surface area (Å²) < 4.78 is 5.10. The van der Waals surface area contributed by atoms with Crippen LogP contribution in [0.4, 0.5) is 0 Å². The molecule has 0 aromatic carbocycles. The highest BCUT2D eigenvalue weighted by molar-refractivity contribution is 4.84. The van der Waals surface area contributed by atoms with Gasteiger partial charge in [-0.3, -0.25) is 0 Å². The molecule has 0 saturated carbocycles. The van der Waals surface area contributed by atoms with Crippen LogP contribution >= 0.6 is 0 Å². The Morgan fingerprint density at radius 2 is 1.19 bits per heavy atom. The quantitative estimate of drug-likeness (QED) is 0.192. The van der Waals surface area contributed by atoms with Crippen LogP contribution < -0.4 is 4.57 Å². The minimum Gasteiger partial charge on any atom is -0.234 e. The molecule has 0 N–H and O–H groups in total. The van der Waals surface area contributed by atoms with E-state index in [1.165, 1.54) is 116 Å². The normalized spacial score (nSPS) is 11.3. The second kappa shape index (κ2) is 16.4. The van der Waals surface area contributed by atoms with Gasteiger partial charge in [0, 0.05) is 6.42 Å². The van der Waals surface area contributed by atoms with E-state index in [1.807, 2.05) is 0 Å². The average molecular weight is 364 g/mol. The Hall–Kier alpha value is -0.790. The molecule has 0 bridgehead atoms. The fourth-order valence-electron chi connectivity index (χ4n) is 3.85. The van der Waals surface area contributed by atoms with Crippen molar-refractivity contribution in [1.29, 1.82) is 0 Å². The first-order valence-corrected chi connectivity index (χ1v) is 11.9. The SMILES string of the molecule is CCCCCCCCCCC[n+]1ccn(CCCCC)c1CCCCC. The van der Waals surface area contributed by atoms with Gasteiger partial charge in [-0.25, -0.2) is 9.13 Å². The molecule has 0 aliphatic heterocycles. The molecule has 26 heavy (non-hydrogen) atoms. The smallest absolute Gasteiger partial charge is 0.234 e. The van der Waals surface area contributed by atoms with Gasteiger partial charge in [-0.1, -0.05) is 85.0 Å². The van der Waals surface area contributed by atoms with Crippen LogP contribution in [0.15, 0.2) is 12.4 Å². The van der Waals surface area contributed by atoms with Crippen molar-refractivity contribution in [3.63, 3.8) is 0 Å². The summed E-state index contributed by atoms with van der Waals surface area (Å²) >= 11 is 0. The van der Waals surface area contributed by atoms with Gasteiger partial charge in [0.05, 0.1) is 13.1 Å². The molecule has 0 fully saturated rings. The van der Waals surface area contributed by atoms with E-state index in [-0.39, 0.29) is 0 Å². The van der Waals surface area contributed by atoms with Crippen molar-refractivity contribution < 1.29 is 4.57 Å². The summed E-state index contributed by atoms with van der Waals surface area (Å²) in [5.41, 5.74) is 0. The molecule has 152 valence electrons. The first kappa shape index (κ1) is 23.2. The Balaban J connectivity index is 2.32. The van der Waals surface area contributed by atoms with E-state index in [0.717, 1.165) is 0 Å². The van der Waals surface area contributed by atoms with Crippen molar-refractivity contribution in [2.24, 2.45) is 0 Å². The molecule has 0 spiro atoms. The molecule has 0 amide bonds. The monoisotopic (exact) mass is 363 g/mol. The second-order valence-electron chi connectivity index (χ2n) is 8.09.